The third-order valence-electron chi connectivity index (χ3n) is 9.60. The number of hydrogen-bond acceptors (Lipinski definition) is 8. The van der Waals surface area contributed by atoms with Crippen LogP contribution in [0.5, 0.6) is 11.5 Å². The second-order valence-electron chi connectivity index (χ2n) is 12.9. The fourth-order valence-electron chi connectivity index (χ4n) is 6.30. The number of anilines is 2. The van der Waals surface area contributed by atoms with Gasteiger partial charge in [-0.25, -0.2) is 16.8 Å². The molecule has 0 saturated heterocycles. The number of benzene rings is 4. The van der Waals surface area contributed by atoms with Crippen LogP contribution in [0.4, 0.5) is 11.4 Å². The standard InChI is InChI=1S/C23H23N3O3S.C22H21N3O3S.Na.H/c1-5-26-22(21(16-24)20-13-12-19(29-4)15-23(20)26)14-9-17-7-10-18(11-8-17)25(3)30(27,28)6-2;1-4-25-21(20(15-23)19-12-11-18(28-3)14-22(19)25)13-8-16-6-9-17(10-7-16)24-29(26,27)5-2;;/h7-8,10-13,15H,5-6H2,1-4H3;6-7,9-12,14,24H,4-5H2,1-3H3;;/q;;+1;-1. The maximum atomic E-state index is 12.0. The quantitative estimate of drug-likeness (QED) is 0.155. The summed E-state index contributed by atoms with van der Waals surface area (Å²) in [5, 5.41) is 21.1. The number of nitrogens with one attached hydrogen (secondary N) is 1. The maximum Gasteiger partial charge on any atom is 1.00 e. The fraction of sp³-hybridized carbons (Fsp3) is 0.244. The molecule has 0 aliphatic heterocycles. The monoisotopic (exact) mass is 852 g/mol. The van der Waals surface area contributed by atoms with E-state index in [1.807, 2.05) is 59.4 Å². The minimum Gasteiger partial charge on any atom is -1.00 e. The van der Waals surface area contributed by atoms with Gasteiger partial charge < -0.3 is 20.0 Å². The molecular formula is C45H45N6NaO6S2. The topological polar surface area (TPSA) is 159 Å². The number of aromatic nitrogens is 2. The van der Waals surface area contributed by atoms with E-state index in [2.05, 4.69) is 40.5 Å². The third kappa shape index (κ3) is 10.3. The molecule has 0 unspecified atom stereocenters. The molecule has 15 heteroatoms. The van der Waals surface area contributed by atoms with Gasteiger partial charge in [0.25, 0.3) is 0 Å². The van der Waals surface area contributed by atoms with Gasteiger partial charge in [0, 0.05) is 59.9 Å². The molecule has 0 saturated carbocycles. The van der Waals surface area contributed by atoms with E-state index in [1.54, 1.807) is 76.6 Å². The molecule has 0 radical (unpaired) electrons. The molecule has 4 aromatic carbocycles. The number of nitriles is 2. The predicted molar refractivity (Wildman–Crippen MR) is 235 cm³/mol. The number of rotatable bonds is 10. The van der Waals surface area contributed by atoms with E-state index in [-0.39, 0.29) is 42.5 Å². The van der Waals surface area contributed by atoms with Crippen molar-refractivity contribution in [2.45, 2.75) is 40.8 Å². The molecule has 0 aliphatic carbocycles. The summed E-state index contributed by atoms with van der Waals surface area (Å²) >= 11 is 0. The number of methoxy groups -OCH3 is 2. The van der Waals surface area contributed by atoms with Crippen molar-refractivity contribution >= 4 is 53.2 Å². The largest absolute Gasteiger partial charge is 1.00 e. The second kappa shape index (κ2) is 20.4. The minimum atomic E-state index is -3.31. The van der Waals surface area contributed by atoms with E-state index in [9.17, 15) is 27.4 Å². The molecule has 0 atom stereocenters. The molecule has 2 heterocycles. The Kier molecular flexibility index (Phi) is 15.9. The summed E-state index contributed by atoms with van der Waals surface area (Å²) in [6, 6.07) is 29.6. The van der Waals surface area contributed by atoms with Crippen LogP contribution in [0.25, 0.3) is 21.8 Å². The van der Waals surface area contributed by atoms with Crippen LogP contribution >= 0.6 is 0 Å². The maximum absolute atomic E-state index is 12.0. The van der Waals surface area contributed by atoms with E-state index in [4.69, 9.17) is 9.47 Å². The van der Waals surface area contributed by atoms with Crippen LogP contribution in [0.1, 0.15) is 62.8 Å². The van der Waals surface area contributed by atoms with E-state index in [0.717, 1.165) is 44.4 Å². The first-order valence-corrected chi connectivity index (χ1v) is 22.0. The predicted octanol–water partition coefficient (Wildman–Crippen LogP) is 4.55. The molecule has 0 aliphatic rings. The number of fused-ring (bicyclic) bond motifs is 2. The van der Waals surface area contributed by atoms with Crippen molar-refractivity contribution < 1.29 is 57.3 Å². The number of sulfonamides is 2. The normalized spacial score (nSPS) is 10.7. The van der Waals surface area contributed by atoms with Crippen LogP contribution in [-0.2, 0) is 33.1 Å². The van der Waals surface area contributed by atoms with Crippen LogP contribution in [0.3, 0.4) is 0 Å². The van der Waals surface area contributed by atoms with E-state index < -0.39 is 20.0 Å². The molecule has 0 spiro atoms. The Labute approximate surface area is 376 Å². The third-order valence-corrected chi connectivity index (χ3v) is 12.7. The van der Waals surface area contributed by atoms with Crippen molar-refractivity contribution in [3.8, 4) is 47.3 Å². The zero-order valence-corrected chi connectivity index (χ0v) is 38.5. The minimum absolute atomic E-state index is 0. The molecule has 0 amide bonds. The number of nitrogens with zero attached hydrogens (tertiary/aromatic N) is 5. The van der Waals surface area contributed by atoms with Crippen molar-refractivity contribution in [1.29, 1.82) is 10.5 Å². The second-order valence-corrected chi connectivity index (χ2v) is 17.2. The van der Waals surface area contributed by atoms with Crippen LogP contribution in [0.2, 0.25) is 0 Å². The Bertz CT molecular complexity index is 2960. The molecular weight excluding hydrogens is 808 g/mol. The van der Waals surface area contributed by atoms with Gasteiger partial charge in [-0.3, -0.25) is 9.03 Å². The van der Waals surface area contributed by atoms with Crippen molar-refractivity contribution in [3.63, 3.8) is 0 Å². The van der Waals surface area contributed by atoms with Crippen LogP contribution in [0, 0.1) is 46.3 Å². The van der Waals surface area contributed by atoms with Gasteiger partial charge in [0.1, 0.15) is 35.0 Å². The summed E-state index contributed by atoms with van der Waals surface area (Å²) in [5.74, 6) is 13.9. The number of aryl methyl sites for hydroxylation is 2. The summed E-state index contributed by atoms with van der Waals surface area (Å²) in [6.07, 6.45) is 0. The number of hydrogen-bond donors (Lipinski definition) is 1. The zero-order chi connectivity index (χ0) is 42.9. The SMILES string of the molecule is CCn1c(C#Cc2ccc(N(C)S(=O)(=O)CC)cc2)c(C#N)c2ccc(OC)cc21.CCn1c(C#Cc2ccc(NS(=O)(=O)CC)cc2)c(C#N)c2ccc(OC)cc21.[H-].[Na+]. The van der Waals surface area contributed by atoms with Gasteiger partial charge in [0.2, 0.25) is 20.0 Å². The Hall–Kier alpha value is -5.84. The molecule has 60 heavy (non-hydrogen) atoms. The van der Waals surface area contributed by atoms with Gasteiger partial charge >= 0.3 is 29.6 Å². The van der Waals surface area contributed by atoms with Gasteiger partial charge in [-0.1, -0.05) is 11.8 Å². The Balaban J connectivity index is 0.000000315. The van der Waals surface area contributed by atoms with Gasteiger partial charge in [-0.05, 0) is 112 Å². The summed E-state index contributed by atoms with van der Waals surface area (Å²) in [4.78, 5) is 0. The molecule has 1 N–H and O–H groups in total. The average Bonchev–Trinajstić information content (AvgIpc) is 3.74. The summed E-state index contributed by atoms with van der Waals surface area (Å²) in [6.45, 7) is 8.52. The number of ether oxygens (including phenoxy) is 2. The van der Waals surface area contributed by atoms with E-state index >= 15 is 0 Å². The Morgan fingerprint density at radius 1 is 0.650 bits per heavy atom. The molecule has 2 aromatic heterocycles. The molecule has 0 bridgehead atoms. The Morgan fingerprint density at radius 3 is 1.45 bits per heavy atom. The van der Waals surface area contributed by atoms with Crippen molar-refractivity contribution in [2.75, 3.05) is 41.8 Å². The Morgan fingerprint density at radius 2 is 1.08 bits per heavy atom. The van der Waals surface area contributed by atoms with Crippen molar-refractivity contribution in [1.82, 2.24) is 9.13 Å². The fourth-order valence-corrected chi connectivity index (χ4v) is 7.77. The smallest absolute Gasteiger partial charge is 1.00 e. The van der Waals surface area contributed by atoms with Crippen LogP contribution in [-0.4, -0.2) is 58.7 Å². The van der Waals surface area contributed by atoms with Gasteiger partial charge in [0.05, 0.1) is 53.6 Å². The van der Waals surface area contributed by atoms with Gasteiger partial charge in [0.15, 0.2) is 0 Å². The van der Waals surface area contributed by atoms with Gasteiger partial charge in [-0.15, -0.1) is 0 Å². The first-order valence-electron chi connectivity index (χ1n) is 18.7. The summed E-state index contributed by atoms with van der Waals surface area (Å²) in [7, 11) is -1.87. The molecule has 304 valence electrons. The summed E-state index contributed by atoms with van der Waals surface area (Å²) < 4.78 is 65.7. The first kappa shape index (κ1) is 46.8. The molecule has 12 nitrogen and oxygen atoms in total. The molecule has 6 aromatic rings. The van der Waals surface area contributed by atoms with Crippen LogP contribution in [0.15, 0.2) is 84.9 Å². The van der Waals surface area contributed by atoms with Crippen molar-refractivity contribution in [2.24, 2.45) is 0 Å². The van der Waals surface area contributed by atoms with E-state index in [0.29, 0.717) is 47.0 Å². The zero-order valence-electron chi connectivity index (χ0n) is 35.9. The average molecular weight is 853 g/mol. The molecule has 6 rings (SSSR count). The first-order chi connectivity index (χ1) is 28.3. The summed E-state index contributed by atoms with van der Waals surface area (Å²) in [5.41, 5.74) is 6.69. The van der Waals surface area contributed by atoms with Crippen LogP contribution < -0.4 is 48.1 Å². The van der Waals surface area contributed by atoms with Crippen molar-refractivity contribution in [3.05, 3.63) is 119 Å². The van der Waals surface area contributed by atoms with E-state index in [1.165, 1.54) is 11.4 Å². The van der Waals surface area contributed by atoms with Gasteiger partial charge in [-0.2, -0.15) is 10.5 Å². The molecule has 0 fully saturated rings.